The molecule has 1 aromatic carbocycles. The Morgan fingerprint density at radius 1 is 1.43 bits per heavy atom. The second kappa shape index (κ2) is 6.37. The standard InChI is InChI=1S/C17H19BrN2O3/c1-10-8-13(18)14(22)9-15(10)23-17-12(4-3-7-21)16(11-5-6-11)19-20(17)2/h3-4,8-9,11,21-22H,5-7H2,1-2H3/b4-3+. The van der Waals surface area contributed by atoms with E-state index in [4.69, 9.17) is 9.84 Å². The number of phenolic OH excluding ortho intramolecular Hbond substituents is 1. The third kappa shape index (κ3) is 3.28. The summed E-state index contributed by atoms with van der Waals surface area (Å²) in [6.07, 6.45) is 5.80. The zero-order valence-electron chi connectivity index (χ0n) is 13.1. The average molecular weight is 379 g/mol. The van der Waals surface area contributed by atoms with Gasteiger partial charge in [-0.15, -0.1) is 0 Å². The van der Waals surface area contributed by atoms with E-state index in [2.05, 4.69) is 21.0 Å². The van der Waals surface area contributed by atoms with Crippen molar-refractivity contribution in [1.82, 2.24) is 9.78 Å². The molecule has 0 aliphatic heterocycles. The maximum Gasteiger partial charge on any atom is 0.225 e. The Kier molecular flexibility index (Phi) is 4.46. The third-order valence-corrected chi connectivity index (χ3v) is 4.50. The number of aromatic nitrogens is 2. The van der Waals surface area contributed by atoms with Crippen LogP contribution in [-0.4, -0.2) is 26.6 Å². The number of aromatic hydroxyl groups is 1. The molecule has 0 saturated heterocycles. The number of phenols is 1. The van der Waals surface area contributed by atoms with Crippen molar-refractivity contribution in [3.05, 3.63) is 39.5 Å². The van der Waals surface area contributed by atoms with Gasteiger partial charge in [-0.3, -0.25) is 0 Å². The van der Waals surface area contributed by atoms with Crippen molar-refractivity contribution in [2.24, 2.45) is 7.05 Å². The van der Waals surface area contributed by atoms with Crippen molar-refractivity contribution in [3.8, 4) is 17.4 Å². The monoisotopic (exact) mass is 378 g/mol. The van der Waals surface area contributed by atoms with Gasteiger partial charge in [0, 0.05) is 19.0 Å². The fourth-order valence-corrected chi connectivity index (χ4v) is 2.97. The summed E-state index contributed by atoms with van der Waals surface area (Å²) in [4.78, 5) is 0. The molecule has 0 unspecified atom stereocenters. The molecule has 23 heavy (non-hydrogen) atoms. The van der Waals surface area contributed by atoms with Gasteiger partial charge in [-0.05, 0) is 53.4 Å². The molecule has 1 saturated carbocycles. The Morgan fingerprint density at radius 3 is 2.83 bits per heavy atom. The lowest BCUT2D eigenvalue weighted by molar-refractivity contribution is 0.343. The van der Waals surface area contributed by atoms with Crippen LogP contribution in [0.1, 0.15) is 35.6 Å². The molecule has 2 aromatic rings. The number of benzene rings is 1. The van der Waals surface area contributed by atoms with Crippen LogP contribution < -0.4 is 4.74 Å². The largest absolute Gasteiger partial charge is 0.507 e. The van der Waals surface area contributed by atoms with Crippen LogP contribution in [0.4, 0.5) is 0 Å². The summed E-state index contributed by atoms with van der Waals surface area (Å²) in [5.41, 5.74) is 2.80. The van der Waals surface area contributed by atoms with E-state index >= 15 is 0 Å². The molecule has 0 spiro atoms. The van der Waals surface area contributed by atoms with Crippen molar-refractivity contribution in [2.75, 3.05) is 6.61 Å². The number of rotatable bonds is 5. The zero-order chi connectivity index (χ0) is 16.6. The topological polar surface area (TPSA) is 67.5 Å². The first-order chi connectivity index (χ1) is 11.0. The lowest BCUT2D eigenvalue weighted by Crippen LogP contribution is -1.97. The minimum absolute atomic E-state index is 0.0312. The fourth-order valence-electron chi connectivity index (χ4n) is 2.51. The molecular formula is C17H19BrN2O3. The number of nitrogens with zero attached hydrogens (tertiary/aromatic N) is 2. The fraction of sp³-hybridized carbons (Fsp3) is 0.353. The average Bonchev–Trinajstić information content (AvgIpc) is 3.30. The van der Waals surface area contributed by atoms with Gasteiger partial charge in [-0.1, -0.05) is 6.08 Å². The van der Waals surface area contributed by atoms with Crippen molar-refractivity contribution >= 4 is 22.0 Å². The first kappa shape index (κ1) is 16.1. The smallest absolute Gasteiger partial charge is 0.225 e. The molecule has 2 N–H and O–H groups in total. The van der Waals surface area contributed by atoms with Gasteiger partial charge < -0.3 is 14.9 Å². The summed E-state index contributed by atoms with van der Waals surface area (Å²) in [5, 5.41) is 23.5. The SMILES string of the molecule is Cc1cc(Br)c(O)cc1Oc1c(/C=C/CO)c(C2CC2)nn1C. The van der Waals surface area contributed by atoms with Gasteiger partial charge in [0.2, 0.25) is 5.88 Å². The predicted octanol–water partition coefficient (Wildman–Crippen LogP) is 3.87. The predicted molar refractivity (Wildman–Crippen MR) is 91.9 cm³/mol. The molecule has 0 atom stereocenters. The van der Waals surface area contributed by atoms with Crippen LogP contribution in [0.15, 0.2) is 22.7 Å². The van der Waals surface area contributed by atoms with Crippen LogP contribution in [0.25, 0.3) is 6.08 Å². The van der Waals surface area contributed by atoms with Crippen LogP contribution in [0.2, 0.25) is 0 Å². The van der Waals surface area contributed by atoms with Gasteiger partial charge in [0.1, 0.15) is 11.5 Å². The van der Waals surface area contributed by atoms with Crippen molar-refractivity contribution in [1.29, 1.82) is 0 Å². The highest BCUT2D eigenvalue weighted by Crippen LogP contribution is 2.44. The van der Waals surface area contributed by atoms with Gasteiger partial charge >= 0.3 is 0 Å². The molecule has 1 aliphatic carbocycles. The quantitative estimate of drug-likeness (QED) is 0.828. The number of aliphatic hydroxyl groups excluding tert-OH is 1. The lowest BCUT2D eigenvalue weighted by atomic mass is 10.1. The number of hydrogen-bond acceptors (Lipinski definition) is 4. The van der Waals surface area contributed by atoms with Crippen LogP contribution in [0.5, 0.6) is 17.4 Å². The molecule has 1 aliphatic rings. The Balaban J connectivity index is 2.02. The maximum absolute atomic E-state index is 9.89. The summed E-state index contributed by atoms with van der Waals surface area (Å²) >= 11 is 3.30. The molecule has 1 fully saturated rings. The summed E-state index contributed by atoms with van der Waals surface area (Å²) in [6.45, 7) is 1.89. The van der Waals surface area contributed by atoms with Gasteiger partial charge in [-0.25, -0.2) is 4.68 Å². The summed E-state index contributed by atoms with van der Waals surface area (Å²) in [7, 11) is 1.84. The van der Waals surface area contributed by atoms with Crippen molar-refractivity contribution < 1.29 is 14.9 Å². The summed E-state index contributed by atoms with van der Waals surface area (Å²) in [6, 6.07) is 3.40. The molecule has 6 heteroatoms. The van der Waals surface area contributed by atoms with Crippen LogP contribution in [-0.2, 0) is 7.05 Å². The molecule has 0 bridgehead atoms. The summed E-state index contributed by atoms with van der Waals surface area (Å²) in [5.74, 6) is 1.79. The number of hydrogen-bond donors (Lipinski definition) is 2. The number of halogens is 1. The van der Waals surface area contributed by atoms with Gasteiger partial charge in [0.05, 0.1) is 22.3 Å². The highest BCUT2D eigenvalue weighted by Gasteiger charge is 2.31. The maximum atomic E-state index is 9.89. The van der Waals surface area contributed by atoms with Gasteiger partial charge in [0.15, 0.2) is 0 Å². The second-order valence-electron chi connectivity index (χ2n) is 5.76. The number of aryl methyl sites for hydroxylation is 2. The van der Waals surface area contributed by atoms with E-state index in [1.54, 1.807) is 16.8 Å². The Morgan fingerprint density at radius 2 is 2.17 bits per heavy atom. The van der Waals surface area contributed by atoms with E-state index in [-0.39, 0.29) is 12.4 Å². The van der Waals surface area contributed by atoms with Crippen LogP contribution in [0, 0.1) is 6.92 Å². The Bertz CT molecular complexity index is 764. The molecule has 0 radical (unpaired) electrons. The van der Waals surface area contributed by atoms with E-state index in [0.29, 0.717) is 22.0 Å². The normalized spacial score (nSPS) is 14.6. The number of aliphatic hydroxyl groups is 1. The molecule has 3 rings (SSSR count). The van der Waals surface area contributed by atoms with Crippen molar-refractivity contribution in [3.63, 3.8) is 0 Å². The third-order valence-electron chi connectivity index (χ3n) is 3.86. The van der Waals surface area contributed by atoms with Crippen LogP contribution in [0.3, 0.4) is 0 Å². The van der Waals surface area contributed by atoms with E-state index in [0.717, 1.165) is 29.7 Å². The Labute approximate surface area is 143 Å². The first-order valence-electron chi connectivity index (χ1n) is 7.52. The lowest BCUT2D eigenvalue weighted by Gasteiger charge is -2.11. The van der Waals surface area contributed by atoms with Gasteiger partial charge in [0.25, 0.3) is 0 Å². The van der Waals surface area contributed by atoms with E-state index in [9.17, 15) is 5.11 Å². The number of ether oxygens (including phenoxy) is 1. The summed E-state index contributed by atoms with van der Waals surface area (Å²) < 4.78 is 8.39. The van der Waals surface area contributed by atoms with Gasteiger partial charge in [-0.2, -0.15) is 5.10 Å². The molecular weight excluding hydrogens is 360 g/mol. The van der Waals surface area contributed by atoms with E-state index in [1.165, 1.54) is 0 Å². The highest BCUT2D eigenvalue weighted by molar-refractivity contribution is 9.10. The van der Waals surface area contributed by atoms with Crippen LogP contribution >= 0.6 is 15.9 Å². The van der Waals surface area contributed by atoms with E-state index < -0.39 is 0 Å². The molecule has 1 aromatic heterocycles. The molecule has 5 nitrogen and oxygen atoms in total. The molecule has 0 amide bonds. The Hall–Kier alpha value is -1.79. The minimum atomic E-state index is -0.0312. The second-order valence-corrected chi connectivity index (χ2v) is 6.61. The first-order valence-corrected chi connectivity index (χ1v) is 8.31. The van der Waals surface area contributed by atoms with Crippen molar-refractivity contribution in [2.45, 2.75) is 25.7 Å². The van der Waals surface area contributed by atoms with E-state index in [1.807, 2.05) is 26.1 Å². The highest BCUT2D eigenvalue weighted by atomic mass is 79.9. The molecule has 1 heterocycles. The zero-order valence-corrected chi connectivity index (χ0v) is 14.7. The minimum Gasteiger partial charge on any atom is -0.507 e. The molecule has 122 valence electrons.